The quantitative estimate of drug-likeness (QED) is 0.820. The van der Waals surface area contributed by atoms with Crippen LogP contribution in [0.4, 0.5) is 13.2 Å². The van der Waals surface area contributed by atoms with Gasteiger partial charge in [0.15, 0.2) is 0 Å². The van der Waals surface area contributed by atoms with Gasteiger partial charge in [0.2, 0.25) is 5.88 Å². The smallest absolute Gasteiger partial charge is 0.417 e. The topological polar surface area (TPSA) is 66.3 Å². The van der Waals surface area contributed by atoms with Crippen LogP contribution in [-0.2, 0) is 11.0 Å². The number of hydrogen-bond donors (Lipinski definition) is 1. The highest BCUT2D eigenvalue weighted by atomic mass is 19.4. The van der Waals surface area contributed by atoms with Gasteiger partial charge >= 0.3 is 6.18 Å². The van der Waals surface area contributed by atoms with Crippen LogP contribution in [-0.4, -0.2) is 40.7 Å². The summed E-state index contributed by atoms with van der Waals surface area (Å²) in [6.07, 6.45) is -3.74. The number of carbonyl (C=O) groups excluding carboxylic acids is 1. The maximum absolute atomic E-state index is 12.4. The molecule has 1 rings (SSSR count). The third-order valence-electron chi connectivity index (χ3n) is 2.99. The van der Waals surface area contributed by atoms with E-state index >= 15 is 0 Å². The summed E-state index contributed by atoms with van der Waals surface area (Å²) >= 11 is 0. The Morgan fingerprint density at radius 3 is 2.50 bits per heavy atom. The average Bonchev–Trinajstić information content (AvgIpc) is 2.45. The summed E-state index contributed by atoms with van der Waals surface area (Å²) < 4.78 is 42.5. The molecule has 0 aromatic carbocycles. The Morgan fingerprint density at radius 2 is 2.09 bits per heavy atom. The van der Waals surface area contributed by atoms with Gasteiger partial charge < -0.3 is 9.64 Å². The number of hydrogen-bond acceptors (Lipinski definition) is 4. The van der Waals surface area contributed by atoms with E-state index in [0.29, 0.717) is 12.7 Å². The minimum absolute atomic E-state index is 0.0509. The number of ether oxygens (including phenoxy) is 1. The number of aromatic nitrogens is 1. The van der Waals surface area contributed by atoms with E-state index in [1.807, 2.05) is 0 Å². The standard InChI is InChI=1S/C14H18F3N3O2/c1-4-20(13(21)10(3)18)9(2)8-22-12-6-5-11(7-19-12)14(15,16)17/h5-7,9,18H,4,8H2,1-3H3/t9-/m0/s1. The van der Waals surface area contributed by atoms with Gasteiger partial charge in [0.1, 0.15) is 6.61 Å². The molecule has 0 fully saturated rings. The highest BCUT2D eigenvalue weighted by Gasteiger charge is 2.30. The SMILES string of the molecule is CCN(C(=O)C(C)=N)[C@@H](C)COc1ccc(C(F)(F)F)cn1. The third-order valence-corrected chi connectivity index (χ3v) is 2.99. The lowest BCUT2D eigenvalue weighted by atomic mass is 10.2. The lowest BCUT2D eigenvalue weighted by Gasteiger charge is -2.27. The number of halogens is 3. The molecule has 22 heavy (non-hydrogen) atoms. The van der Waals surface area contributed by atoms with Crippen LogP contribution >= 0.6 is 0 Å². The summed E-state index contributed by atoms with van der Waals surface area (Å²) in [7, 11) is 0. The summed E-state index contributed by atoms with van der Waals surface area (Å²) in [5.41, 5.74) is -0.931. The number of alkyl halides is 3. The van der Waals surface area contributed by atoms with Crippen LogP contribution < -0.4 is 4.74 Å². The van der Waals surface area contributed by atoms with E-state index in [-0.39, 0.29) is 24.2 Å². The number of pyridine rings is 1. The third kappa shape index (κ3) is 4.71. The molecule has 0 saturated heterocycles. The van der Waals surface area contributed by atoms with E-state index in [2.05, 4.69) is 4.98 Å². The van der Waals surface area contributed by atoms with Gasteiger partial charge in [0.25, 0.3) is 5.91 Å². The van der Waals surface area contributed by atoms with Crippen LogP contribution in [0.25, 0.3) is 0 Å². The molecule has 1 heterocycles. The summed E-state index contributed by atoms with van der Waals surface area (Å²) in [6, 6.07) is 1.69. The Bertz CT molecular complexity index is 529. The normalized spacial score (nSPS) is 12.6. The van der Waals surface area contributed by atoms with E-state index < -0.39 is 17.6 Å². The Balaban J connectivity index is 2.65. The van der Waals surface area contributed by atoms with Gasteiger partial charge in [-0.2, -0.15) is 13.2 Å². The Morgan fingerprint density at radius 1 is 1.45 bits per heavy atom. The highest BCUT2D eigenvalue weighted by Crippen LogP contribution is 2.29. The van der Waals surface area contributed by atoms with Crippen molar-refractivity contribution < 1.29 is 22.7 Å². The van der Waals surface area contributed by atoms with Crippen LogP contribution in [0.3, 0.4) is 0 Å². The van der Waals surface area contributed by atoms with Crippen molar-refractivity contribution in [3.63, 3.8) is 0 Å². The Hall–Kier alpha value is -2.12. The minimum atomic E-state index is -4.44. The first-order chi connectivity index (χ1) is 10.2. The van der Waals surface area contributed by atoms with Crippen molar-refractivity contribution >= 4 is 11.6 Å². The molecule has 8 heteroatoms. The second kappa shape index (κ2) is 7.24. The van der Waals surface area contributed by atoms with Crippen molar-refractivity contribution in [2.24, 2.45) is 0 Å². The summed E-state index contributed by atoms with van der Waals surface area (Å²) in [6.45, 7) is 5.38. The number of nitrogens with one attached hydrogen (secondary N) is 1. The van der Waals surface area contributed by atoms with Crippen LogP contribution in [0.1, 0.15) is 26.3 Å². The average molecular weight is 317 g/mol. The number of amides is 1. The van der Waals surface area contributed by atoms with Gasteiger partial charge in [-0.15, -0.1) is 0 Å². The lowest BCUT2D eigenvalue weighted by Crippen LogP contribution is -2.44. The highest BCUT2D eigenvalue weighted by molar-refractivity contribution is 6.36. The molecule has 1 aromatic rings. The molecule has 0 aliphatic rings. The number of nitrogens with zero attached hydrogens (tertiary/aromatic N) is 2. The van der Waals surface area contributed by atoms with Crippen molar-refractivity contribution in [3.8, 4) is 5.88 Å². The van der Waals surface area contributed by atoms with Gasteiger partial charge in [-0.25, -0.2) is 4.98 Å². The Labute approximate surface area is 126 Å². The van der Waals surface area contributed by atoms with E-state index in [1.165, 1.54) is 11.8 Å². The second-order valence-corrected chi connectivity index (χ2v) is 4.76. The van der Waals surface area contributed by atoms with Crippen LogP contribution in [0.15, 0.2) is 18.3 Å². The first kappa shape index (κ1) is 17.9. The molecule has 0 aliphatic heterocycles. The zero-order chi connectivity index (χ0) is 16.9. The van der Waals surface area contributed by atoms with Gasteiger partial charge in [-0.1, -0.05) is 0 Å². The molecule has 0 aliphatic carbocycles. The second-order valence-electron chi connectivity index (χ2n) is 4.76. The fourth-order valence-corrected chi connectivity index (χ4v) is 1.80. The van der Waals surface area contributed by atoms with E-state index in [4.69, 9.17) is 10.1 Å². The zero-order valence-electron chi connectivity index (χ0n) is 12.6. The van der Waals surface area contributed by atoms with E-state index in [0.717, 1.165) is 12.1 Å². The molecule has 1 N–H and O–H groups in total. The van der Waals surface area contributed by atoms with Crippen molar-refractivity contribution in [2.75, 3.05) is 13.2 Å². The van der Waals surface area contributed by atoms with E-state index in [1.54, 1.807) is 13.8 Å². The van der Waals surface area contributed by atoms with Gasteiger partial charge in [-0.05, 0) is 26.8 Å². The van der Waals surface area contributed by atoms with Crippen LogP contribution in [0.5, 0.6) is 5.88 Å². The molecule has 122 valence electrons. The molecule has 0 unspecified atom stereocenters. The monoisotopic (exact) mass is 317 g/mol. The zero-order valence-corrected chi connectivity index (χ0v) is 12.6. The molecule has 0 saturated carbocycles. The molecule has 1 atom stereocenters. The minimum Gasteiger partial charge on any atom is -0.475 e. The lowest BCUT2D eigenvalue weighted by molar-refractivity contribution is -0.137. The fraction of sp³-hybridized carbons (Fsp3) is 0.500. The number of carbonyl (C=O) groups is 1. The molecule has 1 amide bonds. The first-order valence-corrected chi connectivity index (χ1v) is 6.69. The molecule has 0 bridgehead atoms. The van der Waals surface area contributed by atoms with Crippen LogP contribution in [0.2, 0.25) is 0 Å². The summed E-state index contributed by atoms with van der Waals surface area (Å²) in [5.74, 6) is -0.353. The first-order valence-electron chi connectivity index (χ1n) is 6.69. The molecular formula is C14H18F3N3O2. The molecule has 0 radical (unpaired) electrons. The molecule has 1 aromatic heterocycles. The summed E-state index contributed by atoms with van der Waals surface area (Å²) in [4.78, 5) is 16.8. The maximum Gasteiger partial charge on any atom is 0.417 e. The fourth-order valence-electron chi connectivity index (χ4n) is 1.80. The van der Waals surface area contributed by atoms with Crippen LogP contribution in [0, 0.1) is 5.41 Å². The van der Waals surface area contributed by atoms with Crippen molar-refractivity contribution in [2.45, 2.75) is 33.0 Å². The molecule has 5 nitrogen and oxygen atoms in total. The van der Waals surface area contributed by atoms with E-state index in [9.17, 15) is 18.0 Å². The van der Waals surface area contributed by atoms with Crippen molar-refractivity contribution in [1.29, 1.82) is 5.41 Å². The van der Waals surface area contributed by atoms with Gasteiger partial charge in [0.05, 0.1) is 17.3 Å². The Kier molecular flexibility index (Phi) is 5.90. The van der Waals surface area contributed by atoms with Gasteiger partial charge in [-0.3, -0.25) is 10.2 Å². The van der Waals surface area contributed by atoms with Crippen molar-refractivity contribution in [1.82, 2.24) is 9.88 Å². The maximum atomic E-state index is 12.4. The predicted molar refractivity (Wildman–Crippen MR) is 75.0 cm³/mol. The molecular weight excluding hydrogens is 299 g/mol. The number of rotatable bonds is 6. The predicted octanol–water partition coefficient (Wildman–Crippen LogP) is 2.76. The number of likely N-dealkylation sites (N-methyl/N-ethyl adjacent to an activating group) is 1. The molecule has 0 spiro atoms. The van der Waals surface area contributed by atoms with Crippen molar-refractivity contribution in [3.05, 3.63) is 23.9 Å². The van der Waals surface area contributed by atoms with Gasteiger partial charge in [0, 0.05) is 18.8 Å². The summed E-state index contributed by atoms with van der Waals surface area (Å²) in [5, 5.41) is 7.35. The largest absolute Gasteiger partial charge is 0.475 e.